The van der Waals surface area contributed by atoms with Crippen molar-refractivity contribution in [2.45, 2.75) is 6.54 Å². The largest absolute Gasteiger partial charge is 0.397 e. The molecule has 0 saturated heterocycles. The first-order chi connectivity index (χ1) is 13.0. The van der Waals surface area contributed by atoms with Gasteiger partial charge < -0.3 is 11.1 Å². The lowest BCUT2D eigenvalue weighted by Crippen LogP contribution is -2.04. The van der Waals surface area contributed by atoms with Crippen molar-refractivity contribution in [2.75, 3.05) is 11.1 Å². The summed E-state index contributed by atoms with van der Waals surface area (Å²) in [6.45, 7) is 0.502. The number of nitrogens with zero attached hydrogens (tertiary/aromatic N) is 1. The summed E-state index contributed by atoms with van der Waals surface area (Å²) in [7, 11) is -2.79. The molecule has 0 aromatic heterocycles. The van der Waals surface area contributed by atoms with Crippen LogP contribution in [0.2, 0.25) is 0 Å². The van der Waals surface area contributed by atoms with E-state index >= 15 is 0 Å². The fourth-order valence-corrected chi connectivity index (χ4v) is 2.85. The summed E-state index contributed by atoms with van der Waals surface area (Å²) in [4.78, 5) is 11.7. The molecular weight excluding hydrogens is 362 g/mol. The Bertz CT molecular complexity index is 1090. The Morgan fingerprint density at radius 1 is 0.926 bits per heavy atom. The second-order valence-electron chi connectivity index (χ2n) is 5.83. The molecule has 0 saturated carbocycles. The van der Waals surface area contributed by atoms with Crippen molar-refractivity contribution in [1.29, 1.82) is 0 Å². The maximum atomic E-state index is 11.7. The van der Waals surface area contributed by atoms with Crippen LogP contribution >= 0.6 is 0 Å². The molecule has 0 spiro atoms. The smallest absolute Gasteiger partial charge is 0.319 e. The SMILES string of the molecule is Nc1ccc(C(=O)N=S(=O)=O)cc1NCc1ccc(-c2ccccc2)cc1. The molecule has 0 radical (unpaired) electrons. The Morgan fingerprint density at radius 3 is 2.26 bits per heavy atom. The van der Waals surface area contributed by atoms with Gasteiger partial charge in [0.2, 0.25) is 0 Å². The van der Waals surface area contributed by atoms with Crippen LogP contribution in [0.3, 0.4) is 0 Å². The fraction of sp³-hybridized carbons (Fsp3) is 0.0500. The van der Waals surface area contributed by atoms with Gasteiger partial charge in [0.15, 0.2) is 0 Å². The Morgan fingerprint density at radius 2 is 1.59 bits per heavy atom. The molecule has 6 nitrogen and oxygen atoms in total. The summed E-state index contributed by atoms with van der Waals surface area (Å²) in [5.74, 6) is -0.835. The summed E-state index contributed by atoms with van der Waals surface area (Å²) in [6.07, 6.45) is 0. The highest BCUT2D eigenvalue weighted by Gasteiger charge is 2.08. The van der Waals surface area contributed by atoms with Crippen LogP contribution < -0.4 is 11.1 Å². The van der Waals surface area contributed by atoms with Gasteiger partial charge in [0.05, 0.1) is 11.4 Å². The Balaban J connectivity index is 1.73. The summed E-state index contributed by atoms with van der Waals surface area (Å²) < 4.78 is 24.1. The quantitative estimate of drug-likeness (QED) is 0.657. The minimum absolute atomic E-state index is 0.148. The Labute approximate surface area is 158 Å². The molecule has 0 aliphatic heterocycles. The zero-order valence-corrected chi connectivity index (χ0v) is 15.1. The number of nitrogens with two attached hydrogens (primary N) is 1. The first kappa shape index (κ1) is 18.3. The molecule has 3 N–H and O–H groups in total. The molecule has 3 rings (SSSR count). The van der Waals surface area contributed by atoms with E-state index in [-0.39, 0.29) is 5.56 Å². The normalized spacial score (nSPS) is 10.2. The third kappa shape index (κ3) is 4.80. The van der Waals surface area contributed by atoms with Crippen LogP contribution in [0.25, 0.3) is 11.1 Å². The van der Waals surface area contributed by atoms with E-state index in [0.717, 1.165) is 16.7 Å². The molecule has 7 heteroatoms. The van der Waals surface area contributed by atoms with Gasteiger partial charge in [0.25, 0.3) is 5.91 Å². The number of hydrogen-bond donors (Lipinski definition) is 2. The average molecular weight is 379 g/mol. The van der Waals surface area contributed by atoms with Crippen molar-refractivity contribution in [3.05, 3.63) is 83.9 Å². The van der Waals surface area contributed by atoms with Crippen LogP contribution in [0.15, 0.2) is 77.2 Å². The zero-order chi connectivity index (χ0) is 19.2. The van der Waals surface area contributed by atoms with Crippen molar-refractivity contribution in [3.63, 3.8) is 0 Å². The van der Waals surface area contributed by atoms with Crippen LogP contribution in [0.5, 0.6) is 0 Å². The third-order valence-corrected chi connectivity index (χ3v) is 4.32. The van der Waals surface area contributed by atoms with Gasteiger partial charge in [-0.1, -0.05) is 59.0 Å². The highest BCUT2D eigenvalue weighted by atomic mass is 32.2. The average Bonchev–Trinajstić information content (AvgIpc) is 2.68. The number of amides is 1. The summed E-state index contributed by atoms with van der Waals surface area (Å²) in [5.41, 5.74) is 10.4. The fourth-order valence-electron chi connectivity index (χ4n) is 2.61. The van der Waals surface area contributed by atoms with E-state index in [9.17, 15) is 13.2 Å². The number of carbonyl (C=O) groups is 1. The van der Waals surface area contributed by atoms with Gasteiger partial charge in [-0.2, -0.15) is 8.42 Å². The van der Waals surface area contributed by atoms with Crippen molar-refractivity contribution in [2.24, 2.45) is 4.36 Å². The molecule has 1 amide bonds. The number of hydrogen-bond acceptors (Lipinski definition) is 5. The van der Waals surface area contributed by atoms with Crippen LogP contribution in [0.4, 0.5) is 11.4 Å². The van der Waals surface area contributed by atoms with Gasteiger partial charge in [-0.3, -0.25) is 4.79 Å². The predicted octanol–water partition coefficient (Wildman–Crippen LogP) is 3.75. The van der Waals surface area contributed by atoms with Crippen molar-refractivity contribution < 1.29 is 13.2 Å². The summed E-state index contributed by atoms with van der Waals surface area (Å²) in [6, 6.07) is 22.6. The molecule has 0 fully saturated rings. The topological polar surface area (TPSA) is 102 Å². The highest BCUT2D eigenvalue weighted by molar-refractivity contribution is 7.62. The minimum Gasteiger partial charge on any atom is -0.397 e. The second kappa shape index (κ2) is 8.29. The molecule has 3 aromatic rings. The number of benzene rings is 3. The van der Waals surface area contributed by atoms with Gasteiger partial charge in [-0.25, -0.2) is 0 Å². The van der Waals surface area contributed by atoms with Crippen LogP contribution in [-0.4, -0.2) is 14.3 Å². The van der Waals surface area contributed by atoms with Crippen molar-refractivity contribution >= 4 is 27.8 Å². The third-order valence-electron chi connectivity index (χ3n) is 4.00. The van der Waals surface area contributed by atoms with E-state index < -0.39 is 16.4 Å². The zero-order valence-electron chi connectivity index (χ0n) is 14.3. The van der Waals surface area contributed by atoms with Gasteiger partial charge in [-0.05, 0) is 34.9 Å². The monoisotopic (exact) mass is 379 g/mol. The lowest BCUT2D eigenvalue weighted by molar-refractivity contribution is 0.100. The van der Waals surface area contributed by atoms with E-state index in [1.54, 1.807) is 0 Å². The summed E-state index contributed by atoms with van der Waals surface area (Å²) in [5, 5.41) is 3.16. The molecule has 0 aliphatic carbocycles. The van der Waals surface area contributed by atoms with Gasteiger partial charge >= 0.3 is 10.5 Å². The van der Waals surface area contributed by atoms with Gasteiger partial charge in [-0.15, -0.1) is 0 Å². The second-order valence-corrected chi connectivity index (χ2v) is 6.45. The molecule has 136 valence electrons. The predicted molar refractivity (Wildman–Crippen MR) is 106 cm³/mol. The van der Waals surface area contributed by atoms with Gasteiger partial charge in [0, 0.05) is 12.1 Å². The number of carbonyl (C=O) groups excluding carboxylic acids is 1. The summed E-state index contributed by atoms with van der Waals surface area (Å²) >= 11 is 0. The number of nitrogen functional groups attached to an aromatic ring is 1. The molecular formula is C20H17N3O3S. The molecule has 0 aliphatic rings. The molecule has 0 unspecified atom stereocenters. The Kier molecular flexibility index (Phi) is 5.63. The van der Waals surface area contributed by atoms with E-state index in [4.69, 9.17) is 5.73 Å². The van der Waals surface area contributed by atoms with Crippen LogP contribution in [0.1, 0.15) is 15.9 Å². The molecule has 0 heterocycles. The van der Waals surface area contributed by atoms with Crippen molar-refractivity contribution in [1.82, 2.24) is 0 Å². The number of anilines is 2. The van der Waals surface area contributed by atoms with Crippen molar-refractivity contribution in [3.8, 4) is 11.1 Å². The lowest BCUT2D eigenvalue weighted by Gasteiger charge is -2.11. The first-order valence-electron chi connectivity index (χ1n) is 8.16. The molecule has 0 atom stereocenters. The van der Waals surface area contributed by atoms with E-state index in [0.29, 0.717) is 17.9 Å². The van der Waals surface area contributed by atoms with Gasteiger partial charge in [0.1, 0.15) is 0 Å². The van der Waals surface area contributed by atoms with Crippen LogP contribution in [0, 0.1) is 0 Å². The lowest BCUT2D eigenvalue weighted by atomic mass is 10.0. The number of nitrogens with one attached hydrogen (secondary N) is 1. The molecule has 27 heavy (non-hydrogen) atoms. The molecule has 0 bridgehead atoms. The first-order valence-corrected chi connectivity index (χ1v) is 9.19. The number of rotatable bonds is 5. The van der Waals surface area contributed by atoms with E-state index in [1.807, 2.05) is 42.5 Å². The minimum atomic E-state index is -2.79. The standard InChI is InChI=1S/C20H17N3O3S/c21-18-11-10-17(20(24)23-27(25)26)12-19(18)22-13-14-6-8-16(9-7-14)15-4-2-1-3-5-15/h1-12,22H,13,21H2. The maximum Gasteiger partial charge on any atom is 0.319 e. The maximum absolute atomic E-state index is 11.7. The highest BCUT2D eigenvalue weighted by Crippen LogP contribution is 2.23. The van der Waals surface area contributed by atoms with E-state index in [2.05, 4.69) is 21.8 Å². The Hall–Kier alpha value is -3.45. The van der Waals surface area contributed by atoms with Crippen LogP contribution in [-0.2, 0) is 17.0 Å². The van der Waals surface area contributed by atoms with E-state index in [1.165, 1.54) is 18.2 Å². The molecule has 3 aromatic carbocycles.